The quantitative estimate of drug-likeness (QED) is 0.662. The molecule has 0 unspecified atom stereocenters. The van der Waals surface area contributed by atoms with Crippen LogP contribution in [0.15, 0.2) is 29.0 Å². The van der Waals surface area contributed by atoms with Crippen molar-refractivity contribution in [2.24, 2.45) is 0 Å². The van der Waals surface area contributed by atoms with Gasteiger partial charge in [0.15, 0.2) is 0 Å². The summed E-state index contributed by atoms with van der Waals surface area (Å²) >= 11 is 0. The minimum Gasteiger partial charge on any atom is -0.368 e. The first kappa shape index (κ1) is 18.8. The molecule has 2 saturated heterocycles. The summed E-state index contributed by atoms with van der Waals surface area (Å²) in [5.74, 6) is 1.63. The smallest absolute Gasteiger partial charge is 0.259 e. The number of aryl methyl sites for hydroxylation is 2. The van der Waals surface area contributed by atoms with Crippen LogP contribution in [-0.2, 0) is 0 Å². The van der Waals surface area contributed by atoms with Crippen molar-refractivity contribution in [2.75, 3.05) is 49.1 Å². The first-order valence-electron chi connectivity index (χ1n) is 10.6. The molecule has 3 aromatic rings. The molecule has 30 heavy (non-hydrogen) atoms. The van der Waals surface area contributed by atoms with Crippen molar-refractivity contribution in [3.8, 4) is 0 Å². The Morgan fingerprint density at radius 2 is 1.73 bits per heavy atom. The first-order chi connectivity index (χ1) is 14.6. The molecule has 2 aromatic heterocycles. The van der Waals surface area contributed by atoms with Gasteiger partial charge in [-0.05, 0) is 44.9 Å². The third kappa shape index (κ3) is 3.26. The number of carbonyl (C=O) groups is 1. The van der Waals surface area contributed by atoms with Gasteiger partial charge < -0.3 is 19.2 Å². The average molecular weight is 406 g/mol. The van der Waals surface area contributed by atoms with Gasteiger partial charge in [0.1, 0.15) is 23.5 Å². The molecule has 0 spiro atoms. The van der Waals surface area contributed by atoms with Gasteiger partial charge in [0.05, 0.1) is 11.2 Å². The largest absolute Gasteiger partial charge is 0.368 e. The lowest BCUT2D eigenvalue weighted by molar-refractivity contribution is 0.0744. The number of piperazine rings is 1. The highest BCUT2D eigenvalue weighted by atomic mass is 16.5. The van der Waals surface area contributed by atoms with E-state index >= 15 is 0 Å². The van der Waals surface area contributed by atoms with Gasteiger partial charge in [-0.25, -0.2) is 9.97 Å². The Balaban J connectivity index is 1.35. The lowest BCUT2D eigenvalue weighted by Gasteiger charge is -2.36. The zero-order valence-corrected chi connectivity index (χ0v) is 17.5. The number of rotatable bonds is 3. The van der Waals surface area contributed by atoms with Gasteiger partial charge in [0.2, 0.25) is 0 Å². The molecule has 8 heteroatoms. The first-order valence-corrected chi connectivity index (χ1v) is 10.6. The summed E-state index contributed by atoms with van der Waals surface area (Å²) in [5, 5.41) is 5.02. The van der Waals surface area contributed by atoms with E-state index < -0.39 is 0 Å². The summed E-state index contributed by atoms with van der Waals surface area (Å²) in [5.41, 5.74) is 3.38. The van der Waals surface area contributed by atoms with Crippen molar-refractivity contribution in [2.45, 2.75) is 26.7 Å². The third-order valence-electron chi connectivity index (χ3n) is 6.18. The van der Waals surface area contributed by atoms with E-state index in [4.69, 9.17) is 4.52 Å². The third-order valence-corrected chi connectivity index (χ3v) is 6.18. The second-order valence-electron chi connectivity index (χ2n) is 8.07. The van der Waals surface area contributed by atoms with E-state index in [1.165, 1.54) is 12.8 Å². The van der Waals surface area contributed by atoms with E-state index in [2.05, 4.69) is 43.1 Å². The van der Waals surface area contributed by atoms with E-state index in [0.717, 1.165) is 48.6 Å². The Labute approximate surface area is 175 Å². The zero-order chi connectivity index (χ0) is 20.7. The minimum absolute atomic E-state index is 0.00845. The van der Waals surface area contributed by atoms with Crippen LogP contribution in [-0.4, -0.2) is 65.2 Å². The summed E-state index contributed by atoms with van der Waals surface area (Å²) < 4.78 is 5.17. The van der Waals surface area contributed by atoms with Crippen LogP contribution in [0.4, 0.5) is 11.5 Å². The molecule has 2 aliphatic heterocycles. The van der Waals surface area contributed by atoms with Gasteiger partial charge in [-0.3, -0.25) is 4.79 Å². The molecule has 156 valence electrons. The van der Waals surface area contributed by atoms with Gasteiger partial charge in [0, 0.05) is 50.3 Å². The summed E-state index contributed by atoms with van der Waals surface area (Å²) in [4.78, 5) is 28.5. The highest BCUT2D eigenvalue weighted by molar-refractivity contribution is 5.96. The van der Waals surface area contributed by atoms with Crippen molar-refractivity contribution in [1.82, 2.24) is 20.0 Å². The molecule has 1 aromatic carbocycles. The maximum absolute atomic E-state index is 12.9. The summed E-state index contributed by atoms with van der Waals surface area (Å²) in [6, 6.07) is 6.40. The van der Waals surface area contributed by atoms with Crippen LogP contribution in [0, 0.1) is 13.8 Å². The number of hydrogen-bond acceptors (Lipinski definition) is 7. The van der Waals surface area contributed by atoms with Gasteiger partial charge >= 0.3 is 0 Å². The molecule has 0 N–H and O–H groups in total. The van der Waals surface area contributed by atoms with Crippen LogP contribution >= 0.6 is 0 Å². The molecule has 2 aliphatic rings. The summed E-state index contributed by atoms with van der Waals surface area (Å²) in [6.45, 7) is 8.63. The molecule has 2 fully saturated rings. The van der Waals surface area contributed by atoms with Gasteiger partial charge in [0.25, 0.3) is 5.91 Å². The number of carbonyl (C=O) groups excluding carboxylic acids is 1. The molecule has 1 amide bonds. The summed E-state index contributed by atoms with van der Waals surface area (Å²) in [7, 11) is 0. The topological polar surface area (TPSA) is 78.6 Å². The van der Waals surface area contributed by atoms with Crippen LogP contribution in [0.3, 0.4) is 0 Å². The highest BCUT2D eigenvalue weighted by Gasteiger charge is 2.27. The number of hydrogen-bond donors (Lipinski definition) is 0. The van der Waals surface area contributed by atoms with Gasteiger partial charge in [-0.1, -0.05) is 5.16 Å². The maximum atomic E-state index is 12.9. The summed E-state index contributed by atoms with van der Waals surface area (Å²) in [6.07, 6.45) is 4.09. The Morgan fingerprint density at radius 1 is 0.967 bits per heavy atom. The maximum Gasteiger partial charge on any atom is 0.259 e. The van der Waals surface area contributed by atoms with Crippen LogP contribution in [0.25, 0.3) is 10.9 Å². The number of benzene rings is 1. The average Bonchev–Trinajstić information content (AvgIpc) is 3.42. The fourth-order valence-corrected chi connectivity index (χ4v) is 4.52. The van der Waals surface area contributed by atoms with Crippen LogP contribution < -0.4 is 9.80 Å². The number of anilines is 2. The number of amides is 1. The molecule has 0 bridgehead atoms. The van der Waals surface area contributed by atoms with Crippen LogP contribution in [0.1, 0.15) is 34.7 Å². The fourth-order valence-electron chi connectivity index (χ4n) is 4.52. The Hall–Kier alpha value is -3.16. The van der Waals surface area contributed by atoms with E-state index in [-0.39, 0.29) is 5.91 Å². The second-order valence-corrected chi connectivity index (χ2v) is 8.07. The molecule has 8 nitrogen and oxygen atoms in total. The SMILES string of the molecule is Cc1noc(C)c1C(=O)N1CCN(c2ccc3ncnc(N4CCCC4)c3c2)CC1. The molecule has 4 heterocycles. The van der Waals surface area contributed by atoms with E-state index in [1.54, 1.807) is 13.3 Å². The Kier molecular flexibility index (Phi) is 4.77. The fraction of sp³-hybridized carbons (Fsp3) is 0.455. The standard InChI is InChI=1S/C22H26N6O2/c1-15-20(16(2)30-25-15)22(29)28-11-9-26(10-12-28)17-5-6-19-18(13-17)21(24-14-23-19)27-7-3-4-8-27/h5-6,13-14H,3-4,7-12H2,1-2H3. The molecule has 5 rings (SSSR count). The number of fused-ring (bicyclic) bond motifs is 1. The van der Waals surface area contributed by atoms with Crippen molar-refractivity contribution >= 4 is 28.3 Å². The van der Waals surface area contributed by atoms with Crippen LogP contribution in [0.2, 0.25) is 0 Å². The van der Waals surface area contributed by atoms with Crippen molar-refractivity contribution in [1.29, 1.82) is 0 Å². The minimum atomic E-state index is 0.00845. The molecule has 0 saturated carbocycles. The van der Waals surface area contributed by atoms with E-state index in [0.29, 0.717) is 30.1 Å². The van der Waals surface area contributed by atoms with E-state index in [1.807, 2.05) is 11.8 Å². The predicted molar refractivity (Wildman–Crippen MR) is 115 cm³/mol. The van der Waals surface area contributed by atoms with Crippen LogP contribution in [0.5, 0.6) is 0 Å². The second kappa shape index (κ2) is 7.59. The van der Waals surface area contributed by atoms with Crippen molar-refractivity contribution in [3.63, 3.8) is 0 Å². The highest BCUT2D eigenvalue weighted by Crippen LogP contribution is 2.30. The monoisotopic (exact) mass is 406 g/mol. The molecule has 0 radical (unpaired) electrons. The Morgan fingerprint density at radius 3 is 2.43 bits per heavy atom. The number of nitrogens with zero attached hydrogens (tertiary/aromatic N) is 6. The normalized spacial score (nSPS) is 17.2. The lowest BCUT2D eigenvalue weighted by Crippen LogP contribution is -2.49. The van der Waals surface area contributed by atoms with Gasteiger partial charge in [-0.2, -0.15) is 0 Å². The molecule has 0 atom stereocenters. The van der Waals surface area contributed by atoms with Gasteiger partial charge in [-0.15, -0.1) is 0 Å². The van der Waals surface area contributed by atoms with Crippen molar-refractivity contribution < 1.29 is 9.32 Å². The number of aromatic nitrogens is 3. The van der Waals surface area contributed by atoms with Crippen molar-refractivity contribution in [3.05, 3.63) is 41.5 Å². The Bertz CT molecular complexity index is 1060. The lowest BCUT2D eigenvalue weighted by atomic mass is 10.1. The predicted octanol–water partition coefficient (Wildman–Crippen LogP) is 2.80. The van der Waals surface area contributed by atoms with E-state index in [9.17, 15) is 4.79 Å². The molecular formula is C22H26N6O2. The molecular weight excluding hydrogens is 380 g/mol. The zero-order valence-electron chi connectivity index (χ0n) is 17.5. The molecule has 0 aliphatic carbocycles.